The molecule has 1 aromatic heterocycles. The maximum Gasteiger partial charge on any atom is 0.409 e. The molecular formula is C25H36N4O3. The molecule has 0 bridgehead atoms. The minimum Gasteiger partial charge on any atom is -0.453 e. The van der Waals surface area contributed by atoms with Gasteiger partial charge in [-0.1, -0.05) is 26.0 Å². The fourth-order valence-electron chi connectivity index (χ4n) is 3.31. The van der Waals surface area contributed by atoms with Gasteiger partial charge >= 0.3 is 12.1 Å². The van der Waals surface area contributed by atoms with Crippen molar-refractivity contribution in [2.75, 3.05) is 30.8 Å². The first-order valence-electron chi connectivity index (χ1n) is 10.9. The monoisotopic (exact) mass is 440 g/mol. The van der Waals surface area contributed by atoms with Gasteiger partial charge in [-0.3, -0.25) is 4.98 Å². The first-order chi connectivity index (χ1) is 15.5. The minimum absolute atomic E-state index is 0. The van der Waals surface area contributed by atoms with Gasteiger partial charge in [-0.15, -0.1) is 11.8 Å². The summed E-state index contributed by atoms with van der Waals surface area (Å²) in [4.78, 5) is 28.9. The lowest BCUT2D eigenvalue weighted by Gasteiger charge is -2.17. The Balaban J connectivity index is 0.000000716. The highest BCUT2D eigenvalue weighted by Gasteiger charge is 2.12. The second kappa shape index (κ2) is 13.0. The topological polar surface area (TPSA) is 83.6 Å². The molecule has 0 unspecified atom stereocenters. The molecule has 2 aromatic rings. The van der Waals surface area contributed by atoms with Crippen LogP contribution in [0.1, 0.15) is 46.4 Å². The molecule has 7 nitrogen and oxygen atoms in total. The molecule has 0 saturated carbocycles. The van der Waals surface area contributed by atoms with Crippen molar-refractivity contribution in [1.29, 1.82) is 0 Å². The number of hydrogen-bond donors (Lipinski definition) is 2. The van der Waals surface area contributed by atoms with Crippen molar-refractivity contribution >= 4 is 23.5 Å². The molecule has 0 saturated heterocycles. The predicted octanol–water partition coefficient (Wildman–Crippen LogP) is 5.50. The van der Waals surface area contributed by atoms with E-state index in [0.29, 0.717) is 18.8 Å². The first-order valence-corrected chi connectivity index (χ1v) is 10.9. The van der Waals surface area contributed by atoms with Crippen molar-refractivity contribution in [2.24, 2.45) is 0 Å². The summed E-state index contributed by atoms with van der Waals surface area (Å²) in [6.45, 7) is 7.52. The molecule has 3 amide bonds. The number of pyridine rings is 1. The standard InChI is InChI=1S/C17H21N3O.C8H11NO2.2H2/c1-4-13-7-6-8-16(15(13)5-2)20-17(21)19-14-10-9-12(3)18-11-14;1-11-8(10)9-6-4-2-3-5-7-9;;/h6-11H,4-5H2,1-3H3,(H2,19,20,21);4-7H2,1H3;2*1H. The van der Waals surface area contributed by atoms with Crippen molar-refractivity contribution in [1.82, 2.24) is 9.88 Å². The van der Waals surface area contributed by atoms with Gasteiger partial charge < -0.3 is 20.3 Å². The predicted molar refractivity (Wildman–Crippen MR) is 132 cm³/mol. The van der Waals surface area contributed by atoms with Crippen molar-refractivity contribution in [3.05, 3.63) is 53.3 Å². The van der Waals surface area contributed by atoms with Crippen LogP contribution < -0.4 is 10.6 Å². The summed E-state index contributed by atoms with van der Waals surface area (Å²) in [5, 5.41) is 5.72. The van der Waals surface area contributed by atoms with Crippen LogP contribution in [0.15, 0.2) is 36.5 Å². The van der Waals surface area contributed by atoms with E-state index >= 15 is 0 Å². The number of ether oxygens (including phenoxy) is 1. The number of aromatic nitrogens is 1. The molecule has 0 atom stereocenters. The number of carbonyl (C=O) groups excluding carboxylic acids is 2. The molecule has 32 heavy (non-hydrogen) atoms. The van der Waals surface area contributed by atoms with E-state index in [0.717, 1.165) is 37.1 Å². The lowest BCUT2D eigenvalue weighted by Crippen LogP contribution is -2.31. The molecular weight excluding hydrogens is 404 g/mol. The number of urea groups is 1. The number of methoxy groups -OCH3 is 1. The molecule has 1 aliphatic rings. The molecule has 3 rings (SSSR count). The third-order valence-corrected chi connectivity index (χ3v) is 5.00. The fraction of sp³-hybridized carbons (Fsp3) is 0.400. The number of anilines is 2. The third-order valence-electron chi connectivity index (χ3n) is 5.00. The second-order valence-electron chi connectivity index (χ2n) is 7.23. The summed E-state index contributed by atoms with van der Waals surface area (Å²) >= 11 is 0. The molecule has 0 radical (unpaired) electrons. The first kappa shape index (κ1) is 24.7. The largest absolute Gasteiger partial charge is 0.453 e. The van der Waals surface area contributed by atoms with Crippen LogP contribution in [0.25, 0.3) is 0 Å². The van der Waals surface area contributed by atoms with E-state index in [4.69, 9.17) is 0 Å². The van der Waals surface area contributed by atoms with Gasteiger partial charge in [0.1, 0.15) is 0 Å². The number of benzene rings is 1. The summed E-state index contributed by atoms with van der Waals surface area (Å²) < 4.78 is 4.58. The SMILES string of the molecule is CCc1cccc(NC(=O)Nc2ccc(C)nc2)c1CC.COC(=O)N1CCC#CCC1.[HH].[HH]. The summed E-state index contributed by atoms with van der Waals surface area (Å²) in [7, 11) is 1.40. The van der Waals surface area contributed by atoms with Crippen molar-refractivity contribution in [3.63, 3.8) is 0 Å². The maximum absolute atomic E-state index is 12.1. The van der Waals surface area contributed by atoms with Crippen LogP contribution >= 0.6 is 0 Å². The molecule has 2 heterocycles. The lowest BCUT2D eigenvalue weighted by atomic mass is 10.0. The number of carbonyl (C=O) groups is 2. The zero-order chi connectivity index (χ0) is 23.3. The third kappa shape index (κ3) is 7.62. The Morgan fingerprint density at radius 2 is 1.81 bits per heavy atom. The van der Waals surface area contributed by atoms with Gasteiger partial charge in [0, 0.05) is 40.2 Å². The quantitative estimate of drug-likeness (QED) is 0.615. The van der Waals surface area contributed by atoms with Crippen LogP contribution in [0.3, 0.4) is 0 Å². The van der Waals surface area contributed by atoms with E-state index in [2.05, 4.69) is 52.1 Å². The molecule has 1 aliphatic heterocycles. The number of rotatable bonds is 4. The summed E-state index contributed by atoms with van der Waals surface area (Å²) in [5.74, 6) is 5.91. The van der Waals surface area contributed by atoms with Crippen LogP contribution in [0.5, 0.6) is 0 Å². The van der Waals surface area contributed by atoms with Gasteiger partial charge in [-0.05, 0) is 49.1 Å². The summed E-state index contributed by atoms with van der Waals surface area (Å²) in [6, 6.07) is 9.47. The maximum atomic E-state index is 12.1. The van der Waals surface area contributed by atoms with E-state index in [9.17, 15) is 9.59 Å². The number of aryl methyl sites for hydroxylation is 2. The highest BCUT2D eigenvalue weighted by Crippen LogP contribution is 2.21. The van der Waals surface area contributed by atoms with Crippen LogP contribution in [-0.4, -0.2) is 42.2 Å². The Kier molecular flexibility index (Phi) is 10.1. The Labute approximate surface area is 193 Å². The van der Waals surface area contributed by atoms with Gasteiger partial charge in [-0.2, -0.15) is 0 Å². The Morgan fingerprint density at radius 1 is 1.09 bits per heavy atom. The molecule has 7 heteroatoms. The van der Waals surface area contributed by atoms with E-state index in [1.165, 1.54) is 18.2 Å². The van der Waals surface area contributed by atoms with Gasteiger partial charge in [-0.25, -0.2) is 9.59 Å². The molecule has 0 fully saturated rings. The van der Waals surface area contributed by atoms with Crippen LogP contribution in [-0.2, 0) is 17.6 Å². The van der Waals surface area contributed by atoms with Gasteiger partial charge in [0.15, 0.2) is 0 Å². The summed E-state index contributed by atoms with van der Waals surface area (Å²) in [5.41, 5.74) is 4.94. The fourth-order valence-corrected chi connectivity index (χ4v) is 3.31. The molecule has 2 N–H and O–H groups in total. The highest BCUT2D eigenvalue weighted by molar-refractivity contribution is 6.00. The van der Waals surface area contributed by atoms with Crippen LogP contribution in [0.4, 0.5) is 21.0 Å². The zero-order valence-electron chi connectivity index (χ0n) is 19.3. The Morgan fingerprint density at radius 3 is 2.38 bits per heavy atom. The Bertz CT molecular complexity index is 960. The van der Waals surface area contributed by atoms with Crippen molar-refractivity contribution in [2.45, 2.75) is 46.5 Å². The average Bonchev–Trinajstić information content (AvgIpc) is 3.10. The van der Waals surface area contributed by atoms with Crippen LogP contribution in [0, 0.1) is 18.8 Å². The van der Waals surface area contributed by atoms with E-state index in [1.807, 2.05) is 31.2 Å². The smallest absolute Gasteiger partial charge is 0.409 e. The van der Waals surface area contributed by atoms with Gasteiger partial charge in [0.05, 0.1) is 19.0 Å². The van der Waals surface area contributed by atoms with Crippen LogP contribution in [0.2, 0.25) is 0 Å². The highest BCUT2D eigenvalue weighted by atomic mass is 16.5. The molecule has 0 aliphatic carbocycles. The Hall–Kier alpha value is -3.53. The molecule has 174 valence electrons. The van der Waals surface area contributed by atoms with E-state index < -0.39 is 0 Å². The number of nitrogens with zero attached hydrogens (tertiary/aromatic N) is 2. The minimum atomic E-state index is -0.254. The van der Waals surface area contributed by atoms with Gasteiger partial charge in [0.2, 0.25) is 0 Å². The summed E-state index contributed by atoms with van der Waals surface area (Å²) in [6.07, 6.45) is 4.77. The average molecular weight is 441 g/mol. The van der Waals surface area contributed by atoms with E-state index in [1.54, 1.807) is 11.1 Å². The zero-order valence-corrected chi connectivity index (χ0v) is 19.3. The second-order valence-corrected chi connectivity index (χ2v) is 7.23. The van der Waals surface area contributed by atoms with Crippen molar-refractivity contribution in [3.8, 4) is 11.8 Å². The number of amides is 3. The van der Waals surface area contributed by atoms with Gasteiger partial charge in [0.25, 0.3) is 0 Å². The van der Waals surface area contributed by atoms with Crippen molar-refractivity contribution < 1.29 is 17.2 Å². The number of nitrogens with one attached hydrogen (secondary N) is 2. The number of hydrogen-bond acceptors (Lipinski definition) is 4. The molecule has 1 aromatic carbocycles. The molecule has 0 spiro atoms. The van der Waals surface area contributed by atoms with E-state index in [-0.39, 0.29) is 15.0 Å². The normalized spacial score (nSPS) is 12.3. The lowest BCUT2D eigenvalue weighted by molar-refractivity contribution is 0.126.